The number of unbranched alkanes of at least 4 members (excludes halogenated alkanes) is 2. The molecule has 0 aromatic carbocycles. The third-order valence-electron chi connectivity index (χ3n) is 3.52. The van der Waals surface area contributed by atoms with Crippen LogP contribution >= 0.6 is 0 Å². The van der Waals surface area contributed by atoms with Crippen molar-refractivity contribution in [2.45, 2.75) is 52.4 Å². The minimum atomic E-state index is 0.936. The van der Waals surface area contributed by atoms with Crippen molar-refractivity contribution in [3.63, 3.8) is 0 Å². The molecule has 0 aromatic rings. The fourth-order valence-corrected chi connectivity index (χ4v) is 2.37. The van der Waals surface area contributed by atoms with E-state index in [1.807, 2.05) is 0 Å². The molecule has 0 unspecified atom stereocenters. The number of aliphatic imine (C=N–C) groups is 1. The Hall–Kier alpha value is -0.770. The Labute approximate surface area is 119 Å². The van der Waals surface area contributed by atoms with Crippen molar-refractivity contribution in [1.82, 2.24) is 15.5 Å². The standard InChI is InChI=1S/C15H32N4/c1-3-5-10-17-15(16-4-2)18-11-6-7-12-19-13-8-9-14-19/h3-14H2,1-2H3,(H2,16,17,18). The fraction of sp³-hybridized carbons (Fsp3) is 0.933. The number of nitrogens with one attached hydrogen (secondary N) is 2. The Morgan fingerprint density at radius 1 is 1.05 bits per heavy atom. The molecule has 1 aliphatic heterocycles. The Balaban J connectivity index is 2.07. The molecule has 0 aliphatic carbocycles. The molecule has 1 heterocycles. The van der Waals surface area contributed by atoms with E-state index < -0.39 is 0 Å². The topological polar surface area (TPSA) is 39.7 Å². The monoisotopic (exact) mass is 268 g/mol. The molecular weight excluding hydrogens is 236 g/mol. The lowest BCUT2D eigenvalue weighted by Gasteiger charge is -2.14. The first-order valence-electron chi connectivity index (χ1n) is 8.11. The zero-order valence-corrected chi connectivity index (χ0v) is 12.9. The van der Waals surface area contributed by atoms with Crippen LogP contribution in [0, 0.1) is 0 Å². The van der Waals surface area contributed by atoms with Crippen LogP contribution in [0.5, 0.6) is 0 Å². The van der Waals surface area contributed by atoms with Gasteiger partial charge in [0.05, 0.1) is 0 Å². The summed E-state index contributed by atoms with van der Waals surface area (Å²) in [6.45, 7) is 11.1. The van der Waals surface area contributed by atoms with Crippen molar-refractivity contribution >= 4 is 5.96 Å². The van der Waals surface area contributed by atoms with Crippen LogP contribution < -0.4 is 10.6 Å². The third-order valence-corrected chi connectivity index (χ3v) is 3.52. The quantitative estimate of drug-likeness (QED) is 0.383. The first-order valence-corrected chi connectivity index (χ1v) is 8.11. The van der Waals surface area contributed by atoms with Crippen LogP contribution in [-0.2, 0) is 0 Å². The molecule has 1 fully saturated rings. The fourth-order valence-electron chi connectivity index (χ4n) is 2.37. The van der Waals surface area contributed by atoms with Crippen molar-refractivity contribution in [2.24, 2.45) is 4.99 Å². The average molecular weight is 268 g/mol. The molecule has 1 aliphatic rings. The highest BCUT2D eigenvalue weighted by atomic mass is 15.2. The number of rotatable bonds is 9. The molecule has 4 heteroatoms. The van der Waals surface area contributed by atoms with Crippen LogP contribution in [0.4, 0.5) is 0 Å². The lowest BCUT2D eigenvalue weighted by atomic mass is 10.3. The number of likely N-dealkylation sites (tertiary alicyclic amines) is 1. The van der Waals surface area contributed by atoms with Crippen molar-refractivity contribution in [3.05, 3.63) is 0 Å². The van der Waals surface area contributed by atoms with Gasteiger partial charge in [0.25, 0.3) is 0 Å². The molecule has 112 valence electrons. The van der Waals surface area contributed by atoms with Gasteiger partial charge in [-0.2, -0.15) is 0 Å². The Kier molecular flexibility index (Phi) is 9.51. The van der Waals surface area contributed by atoms with E-state index in [0.29, 0.717) is 0 Å². The summed E-state index contributed by atoms with van der Waals surface area (Å²) in [4.78, 5) is 7.20. The smallest absolute Gasteiger partial charge is 0.191 e. The molecule has 19 heavy (non-hydrogen) atoms. The van der Waals surface area contributed by atoms with Gasteiger partial charge in [0.1, 0.15) is 0 Å². The molecule has 0 spiro atoms. The zero-order chi connectivity index (χ0) is 13.8. The SMILES string of the molecule is CCCCNC(=NCCCCN1CCCC1)NCC. The second-order valence-corrected chi connectivity index (χ2v) is 5.30. The maximum absolute atomic E-state index is 4.63. The number of hydrogen-bond donors (Lipinski definition) is 2. The summed E-state index contributed by atoms with van der Waals surface area (Å²) in [5.41, 5.74) is 0. The van der Waals surface area contributed by atoms with Gasteiger partial charge in [-0.3, -0.25) is 4.99 Å². The Morgan fingerprint density at radius 2 is 1.84 bits per heavy atom. The summed E-state index contributed by atoms with van der Waals surface area (Å²) < 4.78 is 0. The van der Waals surface area contributed by atoms with Gasteiger partial charge < -0.3 is 15.5 Å². The van der Waals surface area contributed by atoms with Crippen molar-refractivity contribution in [2.75, 3.05) is 39.3 Å². The summed E-state index contributed by atoms with van der Waals surface area (Å²) in [5, 5.41) is 6.68. The second kappa shape index (κ2) is 11.1. The third kappa shape index (κ3) is 8.09. The number of guanidine groups is 1. The summed E-state index contributed by atoms with van der Waals surface area (Å²) in [7, 11) is 0. The molecular formula is C15H32N4. The van der Waals surface area contributed by atoms with Crippen molar-refractivity contribution < 1.29 is 0 Å². The van der Waals surface area contributed by atoms with E-state index in [2.05, 4.69) is 34.4 Å². The molecule has 1 rings (SSSR count). The van der Waals surface area contributed by atoms with Gasteiger partial charge in [-0.05, 0) is 58.7 Å². The van der Waals surface area contributed by atoms with Gasteiger partial charge in [0.15, 0.2) is 5.96 Å². The highest BCUT2D eigenvalue weighted by Crippen LogP contribution is 2.08. The summed E-state index contributed by atoms with van der Waals surface area (Å²) >= 11 is 0. The van der Waals surface area contributed by atoms with Crippen LogP contribution in [0.1, 0.15) is 52.4 Å². The van der Waals surface area contributed by atoms with Crippen LogP contribution in [0.3, 0.4) is 0 Å². The van der Waals surface area contributed by atoms with Crippen LogP contribution in [0.25, 0.3) is 0 Å². The van der Waals surface area contributed by atoms with E-state index in [0.717, 1.165) is 25.6 Å². The minimum absolute atomic E-state index is 0.936. The Morgan fingerprint density at radius 3 is 2.53 bits per heavy atom. The molecule has 0 amide bonds. The molecule has 2 N–H and O–H groups in total. The van der Waals surface area contributed by atoms with Gasteiger partial charge in [-0.1, -0.05) is 13.3 Å². The van der Waals surface area contributed by atoms with E-state index in [4.69, 9.17) is 0 Å². The predicted molar refractivity (Wildman–Crippen MR) is 83.8 cm³/mol. The highest BCUT2D eigenvalue weighted by molar-refractivity contribution is 5.79. The second-order valence-electron chi connectivity index (χ2n) is 5.30. The summed E-state index contributed by atoms with van der Waals surface area (Å²) in [6, 6.07) is 0. The van der Waals surface area contributed by atoms with Gasteiger partial charge in [-0.25, -0.2) is 0 Å². The summed E-state index contributed by atoms with van der Waals surface area (Å²) in [5.74, 6) is 0.983. The lowest BCUT2D eigenvalue weighted by Crippen LogP contribution is -2.37. The maximum Gasteiger partial charge on any atom is 0.191 e. The van der Waals surface area contributed by atoms with Crippen LogP contribution in [-0.4, -0.2) is 50.1 Å². The normalized spacial score (nSPS) is 16.8. The predicted octanol–water partition coefficient (Wildman–Crippen LogP) is 2.22. The van der Waals surface area contributed by atoms with Gasteiger partial charge in [0.2, 0.25) is 0 Å². The number of nitrogens with zero attached hydrogens (tertiary/aromatic N) is 2. The molecule has 0 saturated carbocycles. The molecule has 4 nitrogen and oxygen atoms in total. The van der Waals surface area contributed by atoms with E-state index in [1.54, 1.807) is 0 Å². The maximum atomic E-state index is 4.63. The van der Waals surface area contributed by atoms with E-state index in [-0.39, 0.29) is 0 Å². The highest BCUT2D eigenvalue weighted by Gasteiger charge is 2.09. The van der Waals surface area contributed by atoms with E-state index in [1.165, 1.54) is 58.2 Å². The first-order chi connectivity index (χ1) is 9.36. The van der Waals surface area contributed by atoms with Gasteiger partial charge in [-0.15, -0.1) is 0 Å². The first kappa shape index (κ1) is 16.3. The molecule has 0 aromatic heterocycles. The van der Waals surface area contributed by atoms with E-state index >= 15 is 0 Å². The van der Waals surface area contributed by atoms with Crippen LogP contribution in [0.15, 0.2) is 4.99 Å². The molecule has 0 radical (unpaired) electrons. The van der Waals surface area contributed by atoms with Crippen molar-refractivity contribution in [3.8, 4) is 0 Å². The largest absolute Gasteiger partial charge is 0.357 e. The van der Waals surface area contributed by atoms with Crippen LogP contribution in [0.2, 0.25) is 0 Å². The molecule has 0 atom stereocenters. The Bertz CT molecular complexity index is 234. The molecule has 0 bridgehead atoms. The van der Waals surface area contributed by atoms with E-state index in [9.17, 15) is 0 Å². The van der Waals surface area contributed by atoms with Gasteiger partial charge in [0, 0.05) is 19.6 Å². The molecule has 1 saturated heterocycles. The average Bonchev–Trinajstić information content (AvgIpc) is 2.91. The number of hydrogen-bond acceptors (Lipinski definition) is 2. The van der Waals surface area contributed by atoms with Crippen molar-refractivity contribution in [1.29, 1.82) is 0 Å². The van der Waals surface area contributed by atoms with Gasteiger partial charge >= 0.3 is 0 Å². The minimum Gasteiger partial charge on any atom is -0.357 e. The summed E-state index contributed by atoms with van der Waals surface area (Å²) in [6.07, 6.45) is 7.69. The zero-order valence-electron chi connectivity index (χ0n) is 12.9. The lowest BCUT2D eigenvalue weighted by molar-refractivity contribution is 0.331.